The lowest BCUT2D eigenvalue weighted by atomic mass is 9.98. The number of hydrogen-bond acceptors (Lipinski definition) is 3. The van der Waals surface area contributed by atoms with Crippen molar-refractivity contribution in [2.75, 3.05) is 13.1 Å². The van der Waals surface area contributed by atoms with Gasteiger partial charge >= 0.3 is 0 Å². The average molecular weight is 306 g/mol. The number of carbonyl (C=O) groups excluding carboxylic acids is 1. The third kappa shape index (κ3) is 4.64. The van der Waals surface area contributed by atoms with Crippen molar-refractivity contribution in [1.82, 2.24) is 9.88 Å². The SMILES string of the molecule is Cl.Cl.NCCC1CCCCN1C(=O)c1cccnc1. The molecule has 4 nitrogen and oxygen atoms in total. The summed E-state index contributed by atoms with van der Waals surface area (Å²) in [6, 6.07) is 3.93. The summed E-state index contributed by atoms with van der Waals surface area (Å²) in [4.78, 5) is 18.3. The number of piperidine rings is 1. The fourth-order valence-electron chi connectivity index (χ4n) is 2.42. The second-order valence-corrected chi connectivity index (χ2v) is 4.47. The quantitative estimate of drug-likeness (QED) is 0.932. The van der Waals surface area contributed by atoms with Crippen LogP contribution in [0.15, 0.2) is 24.5 Å². The zero-order chi connectivity index (χ0) is 12.1. The molecular weight excluding hydrogens is 285 g/mol. The molecule has 0 aromatic carbocycles. The Hall–Kier alpha value is -0.840. The van der Waals surface area contributed by atoms with Crippen LogP contribution in [-0.2, 0) is 0 Å². The lowest BCUT2D eigenvalue weighted by molar-refractivity contribution is 0.0604. The molecule has 2 rings (SSSR count). The van der Waals surface area contributed by atoms with E-state index in [1.54, 1.807) is 18.5 Å². The summed E-state index contributed by atoms with van der Waals surface area (Å²) < 4.78 is 0. The largest absolute Gasteiger partial charge is 0.336 e. The molecule has 1 fully saturated rings. The summed E-state index contributed by atoms with van der Waals surface area (Å²) in [6.45, 7) is 1.49. The van der Waals surface area contributed by atoms with Crippen molar-refractivity contribution in [1.29, 1.82) is 0 Å². The van der Waals surface area contributed by atoms with E-state index in [0.29, 0.717) is 18.2 Å². The van der Waals surface area contributed by atoms with Crippen LogP contribution in [0.5, 0.6) is 0 Å². The number of rotatable bonds is 3. The van der Waals surface area contributed by atoms with Gasteiger partial charge in [0.1, 0.15) is 0 Å². The van der Waals surface area contributed by atoms with Crippen LogP contribution in [-0.4, -0.2) is 34.9 Å². The molecule has 1 amide bonds. The Morgan fingerprint density at radius 2 is 2.21 bits per heavy atom. The van der Waals surface area contributed by atoms with Crippen molar-refractivity contribution < 1.29 is 4.79 Å². The molecule has 6 heteroatoms. The Kier molecular flexibility index (Phi) is 8.72. The molecular formula is C13H21Cl2N3O. The van der Waals surface area contributed by atoms with Gasteiger partial charge in [-0.25, -0.2) is 0 Å². The monoisotopic (exact) mass is 305 g/mol. The number of likely N-dealkylation sites (tertiary alicyclic amines) is 1. The van der Waals surface area contributed by atoms with Gasteiger partial charge in [0.25, 0.3) is 5.91 Å². The normalized spacial score (nSPS) is 18.2. The van der Waals surface area contributed by atoms with Gasteiger partial charge in [0, 0.05) is 25.0 Å². The van der Waals surface area contributed by atoms with Gasteiger partial charge in [0.15, 0.2) is 0 Å². The number of amides is 1. The van der Waals surface area contributed by atoms with Crippen LogP contribution in [0, 0.1) is 0 Å². The minimum atomic E-state index is 0. The Bertz CT molecular complexity index is 373. The number of hydrogen-bond donors (Lipinski definition) is 1. The van der Waals surface area contributed by atoms with Gasteiger partial charge in [0.2, 0.25) is 0 Å². The van der Waals surface area contributed by atoms with Gasteiger partial charge in [-0.1, -0.05) is 0 Å². The van der Waals surface area contributed by atoms with Gasteiger partial charge in [-0.05, 0) is 44.4 Å². The standard InChI is InChI=1S/C13H19N3O.2ClH/c14-7-6-12-5-1-2-9-16(12)13(17)11-4-3-8-15-10-11;;/h3-4,8,10,12H,1-2,5-7,9,14H2;2*1H. The van der Waals surface area contributed by atoms with Gasteiger partial charge in [-0.3, -0.25) is 9.78 Å². The number of pyridine rings is 1. The molecule has 0 bridgehead atoms. The maximum absolute atomic E-state index is 12.3. The maximum atomic E-state index is 12.3. The highest BCUT2D eigenvalue weighted by atomic mass is 35.5. The highest BCUT2D eigenvalue weighted by Gasteiger charge is 2.26. The van der Waals surface area contributed by atoms with Crippen LogP contribution >= 0.6 is 24.8 Å². The van der Waals surface area contributed by atoms with E-state index >= 15 is 0 Å². The summed E-state index contributed by atoms with van der Waals surface area (Å²) in [5, 5.41) is 0. The van der Waals surface area contributed by atoms with Gasteiger partial charge in [-0.2, -0.15) is 0 Å². The first-order valence-corrected chi connectivity index (χ1v) is 6.24. The Labute approximate surface area is 126 Å². The van der Waals surface area contributed by atoms with Crippen molar-refractivity contribution in [3.8, 4) is 0 Å². The first-order chi connectivity index (χ1) is 8.33. The molecule has 1 unspecified atom stereocenters. The lowest BCUT2D eigenvalue weighted by Gasteiger charge is -2.35. The van der Waals surface area contributed by atoms with Crippen molar-refractivity contribution in [3.05, 3.63) is 30.1 Å². The Balaban J connectivity index is 0.00000162. The molecule has 1 aliphatic rings. The topological polar surface area (TPSA) is 59.2 Å². The predicted octanol–water partition coefficient (Wildman–Crippen LogP) is 2.27. The van der Waals surface area contributed by atoms with E-state index in [-0.39, 0.29) is 30.7 Å². The molecule has 0 spiro atoms. The van der Waals surface area contributed by atoms with E-state index in [0.717, 1.165) is 25.8 Å². The highest BCUT2D eigenvalue weighted by Crippen LogP contribution is 2.21. The third-order valence-electron chi connectivity index (χ3n) is 3.30. The molecule has 1 atom stereocenters. The van der Waals surface area contributed by atoms with Gasteiger partial charge in [0.05, 0.1) is 5.56 Å². The first-order valence-electron chi connectivity index (χ1n) is 6.24. The first kappa shape index (κ1) is 18.2. The molecule has 2 heterocycles. The Morgan fingerprint density at radius 1 is 1.42 bits per heavy atom. The molecule has 19 heavy (non-hydrogen) atoms. The zero-order valence-corrected chi connectivity index (χ0v) is 12.5. The molecule has 108 valence electrons. The molecule has 1 aromatic heterocycles. The fourth-order valence-corrected chi connectivity index (χ4v) is 2.42. The number of halogens is 2. The van der Waals surface area contributed by atoms with Crippen LogP contribution in [0.3, 0.4) is 0 Å². The van der Waals surface area contributed by atoms with E-state index < -0.39 is 0 Å². The maximum Gasteiger partial charge on any atom is 0.255 e. The number of aromatic nitrogens is 1. The van der Waals surface area contributed by atoms with E-state index in [4.69, 9.17) is 5.73 Å². The number of nitrogens with two attached hydrogens (primary N) is 1. The number of carbonyl (C=O) groups is 1. The minimum Gasteiger partial charge on any atom is -0.336 e. The van der Waals surface area contributed by atoms with Crippen LogP contribution in [0.1, 0.15) is 36.0 Å². The van der Waals surface area contributed by atoms with Crippen molar-refractivity contribution >= 4 is 30.7 Å². The second-order valence-electron chi connectivity index (χ2n) is 4.47. The van der Waals surface area contributed by atoms with E-state index in [2.05, 4.69) is 4.98 Å². The van der Waals surface area contributed by atoms with E-state index in [9.17, 15) is 4.79 Å². The molecule has 0 saturated carbocycles. The van der Waals surface area contributed by atoms with Crippen molar-refractivity contribution in [2.45, 2.75) is 31.7 Å². The zero-order valence-electron chi connectivity index (χ0n) is 10.8. The Morgan fingerprint density at radius 3 is 2.84 bits per heavy atom. The van der Waals surface area contributed by atoms with Crippen LogP contribution in [0.2, 0.25) is 0 Å². The van der Waals surface area contributed by atoms with Crippen LogP contribution < -0.4 is 5.73 Å². The van der Waals surface area contributed by atoms with Crippen molar-refractivity contribution in [2.24, 2.45) is 5.73 Å². The van der Waals surface area contributed by atoms with Crippen molar-refractivity contribution in [3.63, 3.8) is 0 Å². The molecule has 1 aliphatic heterocycles. The smallest absolute Gasteiger partial charge is 0.255 e. The summed E-state index contributed by atoms with van der Waals surface area (Å²) >= 11 is 0. The van der Waals surface area contributed by atoms with Crippen LogP contribution in [0.4, 0.5) is 0 Å². The lowest BCUT2D eigenvalue weighted by Crippen LogP contribution is -2.44. The molecule has 0 radical (unpaired) electrons. The summed E-state index contributed by atoms with van der Waals surface area (Å²) in [5.41, 5.74) is 6.29. The minimum absolute atomic E-state index is 0. The second kappa shape index (κ2) is 9.13. The predicted molar refractivity (Wildman–Crippen MR) is 81.1 cm³/mol. The van der Waals surface area contributed by atoms with Crippen LogP contribution in [0.25, 0.3) is 0 Å². The molecule has 0 aliphatic carbocycles. The summed E-state index contributed by atoms with van der Waals surface area (Å²) in [6.07, 6.45) is 7.57. The molecule has 2 N–H and O–H groups in total. The number of nitrogens with zero attached hydrogens (tertiary/aromatic N) is 2. The van der Waals surface area contributed by atoms with Gasteiger partial charge < -0.3 is 10.6 Å². The summed E-state index contributed by atoms with van der Waals surface area (Å²) in [5.74, 6) is 0.0938. The molecule has 1 aromatic rings. The third-order valence-corrected chi connectivity index (χ3v) is 3.30. The van der Waals surface area contributed by atoms with E-state index in [1.165, 1.54) is 6.42 Å². The summed E-state index contributed by atoms with van der Waals surface area (Å²) in [7, 11) is 0. The van der Waals surface area contributed by atoms with E-state index in [1.807, 2.05) is 11.0 Å². The van der Waals surface area contributed by atoms with Gasteiger partial charge in [-0.15, -0.1) is 24.8 Å². The highest BCUT2D eigenvalue weighted by molar-refractivity contribution is 5.94. The average Bonchev–Trinajstić information content (AvgIpc) is 2.40. The molecule has 1 saturated heterocycles. The fraction of sp³-hybridized carbons (Fsp3) is 0.538.